The zero-order valence-electron chi connectivity index (χ0n) is 16.3. The number of para-hydroxylation sites is 1. The number of hydrogen-bond acceptors (Lipinski definition) is 5. The van der Waals surface area contributed by atoms with Crippen LogP contribution in [0.4, 0.5) is 0 Å². The molecule has 30 heavy (non-hydrogen) atoms. The smallest absolute Gasteiger partial charge is 0.284 e. The number of fused-ring (bicyclic) bond motifs is 3. The van der Waals surface area contributed by atoms with Gasteiger partial charge in [0.05, 0.1) is 5.69 Å². The minimum atomic E-state index is -0.0900. The molecule has 152 valence electrons. The highest BCUT2D eigenvalue weighted by atomic mass is 35.5. The number of thioether (sulfide) groups is 1. The van der Waals surface area contributed by atoms with Gasteiger partial charge in [0, 0.05) is 24.2 Å². The maximum atomic E-state index is 13.3. The van der Waals surface area contributed by atoms with Crippen molar-refractivity contribution in [2.75, 3.05) is 0 Å². The van der Waals surface area contributed by atoms with Crippen LogP contribution in [-0.4, -0.2) is 24.3 Å². The third-order valence-electron chi connectivity index (χ3n) is 5.32. The lowest BCUT2D eigenvalue weighted by Crippen LogP contribution is -2.19. The van der Waals surface area contributed by atoms with E-state index < -0.39 is 0 Å². The van der Waals surface area contributed by atoms with Crippen LogP contribution >= 0.6 is 23.4 Å². The van der Waals surface area contributed by atoms with Gasteiger partial charge in [0.2, 0.25) is 0 Å². The Bertz CT molecular complexity index is 1200. The van der Waals surface area contributed by atoms with Gasteiger partial charge >= 0.3 is 0 Å². The molecular weight excluding hydrogens is 418 g/mol. The Labute approximate surface area is 183 Å². The quantitative estimate of drug-likeness (QED) is 0.265. The van der Waals surface area contributed by atoms with Gasteiger partial charge in [-0.25, -0.2) is 9.97 Å². The van der Waals surface area contributed by atoms with Gasteiger partial charge < -0.3 is 4.57 Å². The molecule has 4 heterocycles. The lowest BCUT2D eigenvalue weighted by Gasteiger charge is -2.17. The minimum absolute atomic E-state index is 0.0900. The Morgan fingerprint density at radius 3 is 2.73 bits per heavy atom. The van der Waals surface area contributed by atoms with Gasteiger partial charge in [-0.15, -0.1) is 5.10 Å². The van der Waals surface area contributed by atoms with Crippen LogP contribution in [0.3, 0.4) is 0 Å². The highest BCUT2D eigenvalue weighted by Gasteiger charge is 2.27. The second-order valence-corrected chi connectivity index (χ2v) is 8.66. The molecule has 3 aliphatic heterocycles. The zero-order valence-corrected chi connectivity index (χ0v) is 17.9. The summed E-state index contributed by atoms with van der Waals surface area (Å²) >= 11 is 7.55. The molecule has 5 rings (SSSR count). The summed E-state index contributed by atoms with van der Waals surface area (Å²) in [6.45, 7) is 0.870. The zero-order chi connectivity index (χ0) is 20.5. The molecule has 0 N–H and O–H groups in total. The number of nitrogens with zero attached hydrogens (tertiary/aromatic N) is 5. The van der Waals surface area contributed by atoms with Gasteiger partial charge in [0.1, 0.15) is 10.7 Å². The SMILES string of the molecule is O=c1c2c3n(c(SCc4ccc(Cl)nc4)nc-2nn1-c1ccccc1)CCCCC3. The first-order valence-electron chi connectivity index (χ1n) is 10.0. The van der Waals surface area contributed by atoms with Crippen molar-refractivity contribution in [3.8, 4) is 17.1 Å². The number of rotatable bonds is 4. The van der Waals surface area contributed by atoms with Crippen LogP contribution in [0.2, 0.25) is 5.15 Å². The molecule has 2 aromatic rings. The lowest BCUT2D eigenvalue weighted by molar-refractivity contribution is 0.571. The molecule has 8 heteroatoms. The first kappa shape index (κ1) is 19.3. The van der Waals surface area contributed by atoms with E-state index in [1.807, 2.05) is 36.4 Å². The van der Waals surface area contributed by atoms with E-state index >= 15 is 0 Å². The number of pyridine rings is 1. The molecule has 0 spiro atoms. The molecule has 1 aromatic carbocycles. The van der Waals surface area contributed by atoms with Gasteiger partial charge in [-0.05, 0) is 43.0 Å². The predicted molar refractivity (Wildman–Crippen MR) is 119 cm³/mol. The molecule has 1 aromatic heterocycles. The summed E-state index contributed by atoms with van der Waals surface area (Å²) in [6, 6.07) is 13.3. The summed E-state index contributed by atoms with van der Waals surface area (Å²) in [7, 11) is 0. The van der Waals surface area contributed by atoms with Gasteiger partial charge in [-0.1, -0.05) is 54.0 Å². The van der Waals surface area contributed by atoms with E-state index in [1.54, 1.807) is 24.0 Å². The third-order valence-corrected chi connectivity index (χ3v) is 6.60. The van der Waals surface area contributed by atoms with Crippen LogP contribution < -0.4 is 5.56 Å². The Kier molecular flexibility index (Phi) is 5.31. The maximum Gasteiger partial charge on any atom is 0.284 e. The molecule has 0 amide bonds. The van der Waals surface area contributed by atoms with Crippen molar-refractivity contribution >= 4 is 23.4 Å². The van der Waals surface area contributed by atoms with Crippen LogP contribution in [0.15, 0.2) is 58.6 Å². The molecule has 0 atom stereocenters. The Hall–Kier alpha value is -2.64. The van der Waals surface area contributed by atoms with Crippen molar-refractivity contribution in [2.45, 2.75) is 43.1 Å². The second-order valence-electron chi connectivity index (χ2n) is 7.33. The lowest BCUT2D eigenvalue weighted by atomic mass is 10.1. The largest absolute Gasteiger partial charge is 0.324 e. The van der Waals surface area contributed by atoms with Crippen molar-refractivity contribution in [2.24, 2.45) is 0 Å². The van der Waals surface area contributed by atoms with Crippen molar-refractivity contribution in [1.29, 1.82) is 0 Å². The van der Waals surface area contributed by atoms with Crippen LogP contribution in [0.1, 0.15) is 30.5 Å². The van der Waals surface area contributed by atoms with Gasteiger partial charge in [0.15, 0.2) is 11.0 Å². The van der Waals surface area contributed by atoms with Crippen molar-refractivity contribution in [3.05, 3.63) is 75.4 Å². The summed E-state index contributed by atoms with van der Waals surface area (Å²) in [5.74, 6) is 1.25. The van der Waals surface area contributed by atoms with E-state index in [0.29, 0.717) is 16.5 Å². The van der Waals surface area contributed by atoms with E-state index in [1.165, 1.54) is 4.68 Å². The van der Waals surface area contributed by atoms with E-state index in [0.717, 1.165) is 60.1 Å². The third kappa shape index (κ3) is 3.63. The fourth-order valence-corrected chi connectivity index (χ4v) is 4.93. The number of benzene rings is 1. The predicted octanol–water partition coefficient (Wildman–Crippen LogP) is 4.60. The maximum absolute atomic E-state index is 13.3. The molecule has 3 aliphatic rings. The van der Waals surface area contributed by atoms with Crippen LogP contribution in [-0.2, 0) is 18.7 Å². The first-order chi connectivity index (χ1) is 14.7. The van der Waals surface area contributed by atoms with Gasteiger partial charge in [-0.2, -0.15) is 4.68 Å². The molecule has 0 saturated carbocycles. The summed E-state index contributed by atoms with van der Waals surface area (Å²) in [4.78, 5) is 22.2. The van der Waals surface area contributed by atoms with Crippen LogP contribution in [0.5, 0.6) is 0 Å². The summed E-state index contributed by atoms with van der Waals surface area (Å²) in [5.41, 5.74) is 3.45. The molecule has 0 radical (unpaired) electrons. The molecule has 0 aliphatic carbocycles. The Morgan fingerprint density at radius 2 is 1.93 bits per heavy atom. The molecule has 0 bridgehead atoms. The van der Waals surface area contributed by atoms with E-state index in [9.17, 15) is 4.79 Å². The Morgan fingerprint density at radius 1 is 1.07 bits per heavy atom. The van der Waals surface area contributed by atoms with Crippen molar-refractivity contribution < 1.29 is 0 Å². The van der Waals surface area contributed by atoms with Crippen molar-refractivity contribution in [1.82, 2.24) is 24.3 Å². The van der Waals surface area contributed by atoms with E-state index in [4.69, 9.17) is 16.6 Å². The van der Waals surface area contributed by atoms with E-state index in [-0.39, 0.29) is 5.56 Å². The molecule has 6 nitrogen and oxygen atoms in total. The molecule has 0 saturated heterocycles. The fraction of sp³-hybridized carbons (Fsp3) is 0.273. The Balaban J connectivity index is 1.60. The fourth-order valence-electron chi connectivity index (χ4n) is 3.85. The average molecular weight is 438 g/mol. The number of halogens is 1. The summed E-state index contributed by atoms with van der Waals surface area (Å²) in [6.07, 6.45) is 5.96. The molecule has 0 fully saturated rings. The van der Waals surface area contributed by atoms with Gasteiger partial charge in [0.25, 0.3) is 5.56 Å². The number of aromatic nitrogens is 5. The van der Waals surface area contributed by atoms with E-state index in [2.05, 4.69) is 14.6 Å². The van der Waals surface area contributed by atoms with Crippen molar-refractivity contribution in [3.63, 3.8) is 0 Å². The standard InChI is InChI=1S/C22H20ClN5OS/c23-18-11-10-15(13-24-18)14-30-22-25-20-19(17-9-5-2-6-12-27(17)22)21(29)28(26-20)16-7-3-1-4-8-16/h1,3-4,7-8,10-11,13H,2,5-6,9,12,14H2. The summed E-state index contributed by atoms with van der Waals surface area (Å²) < 4.78 is 3.70. The molecule has 0 unspecified atom stereocenters. The number of hydrogen-bond donors (Lipinski definition) is 0. The first-order valence-corrected chi connectivity index (χ1v) is 11.4. The van der Waals surface area contributed by atoms with Crippen LogP contribution in [0.25, 0.3) is 17.1 Å². The average Bonchev–Trinajstić information content (AvgIpc) is 2.94. The highest BCUT2D eigenvalue weighted by molar-refractivity contribution is 7.98. The topological polar surface area (TPSA) is 65.6 Å². The highest BCUT2D eigenvalue weighted by Crippen LogP contribution is 2.31. The molecular formula is C22H20ClN5OS. The monoisotopic (exact) mass is 437 g/mol. The van der Waals surface area contributed by atoms with Gasteiger partial charge in [-0.3, -0.25) is 4.79 Å². The van der Waals surface area contributed by atoms with Crippen LogP contribution in [0, 0.1) is 0 Å². The minimum Gasteiger partial charge on any atom is -0.324 e. The summed E-state index contributed by atoms with van der Waals surface area (Å²) in [5, 5.41) is 5.97. The second kappa shape index (κ2) is 8.24. The normalized spacial score (nSPS) is 13.9.